The van der Waals surface area contributed by atoms with Gasteiger partial charge in [0.15, 0.2) is 5.96 Å². The third-order valence-electron chi connectivity index (χ3n) is 3.75. The molecule has 0 aromatic heterocycles. The molecule has 5 heteroatoms. The van der Waals surface area contributed by atoms with Gasteiger partial charge in [0, 0.05) is 33.4 Å². The van der Waals surface area contributed by atoms with Crippen molar-refractivity contribution in [3.05, 3.63) is 48.0 Å². The number of aliphatic imine (C=N–C) groups is 1. The van der Waals surface area contributed by atoms with Crippen molar-refractivity contribution in [1.82, 2.24) is 10.6 Å². The highest BCUT2D eigenvalue weighted by molar-refractivity contribution is 14.0. The molecule has 0 amide bonds. The maximum Gasteiger partial charge on any atom is 0.190 e. The number of nitrogens with one attached hydrogen (secondary N) is 2. The number of rotatable bonds is 8. The molecule has 132 valence electrons. The molecule has 0 bridgehead atoms. The van der Waals surface area contributed by atoms with Gasteiger partial charge in [-0.15, -0.1) is 24.0 Å². The molecule has 0 fully saturated rings. The summed E-state index contributed by atoms with van der Waals surface area (Å²) >= 11 is 0. The SMILES string of the molecule is CCOCCCNC(=NC)NCCc1cccc2ccccc12.I. The highest BCUT2D eigenvalue weighted by Crippen LogP contribution is 2.18. The zero-order valence-electron chi connectivity index (χ0n) is 14.5. The molecule has 2 aromatic rings. The molecular formula is C19H28IN3O. The fourth-order valence-electron chi connectivity index (χ4n) is 2.57. The van der Waals surface area contributed by atoms with Gasteiger partial charge in [0.1, 0.15) is 0 Å². The second-order valence-electron chi connectivity index (χ2n) is 5.36. The van der Waals surface area contributed by atoms with E-state index in [1.807, 2.05) is 6.92 Å². The molecular weight excluding hydrogens is 413 g/mol. The minimum Gasteiger partial charge on any atom is -0.382 e. The molecule has 0 radical (unpaired) electrons. The number of fused-ring (bicyclic) bond motifs is 1. The van der Waals surface area contributed by atoms with Gasteiger partial charge in [-0.1, -0.05) is 42.5 Å². The predicted octanol–water partition coefficient (Wildman–Crippen LogP) is 3.59. The van der Waals surface area contributed by atoms with Gasteiger partial charge in [-0.25, -0.2) is 0 Å². The van der Waals surface area contributed by atoms with Crippen molar-refractivity contribution in [3.8, 4) is 0 Å². The molecule has 0 unspecified atom stereocenters. The molecule has 2 aromatic carbocycles. The summed E-state index contributed by atoms with van der Waals surface area (Å²) in [6, 6.07) is 15.0. The van der Waals surface area contributed by atoms with E-state index in [2.05, 4.69) is 58.1 Å². The Morgan fingerprint density at radius 2 is 1.79 bits per heavy atom. The highest BCUT2D eigenvalue weighted by Gasteiger charge is 2.01. The average molecular weight is 441 g/mol. The van der Waals surface area contributed by atoms with Crippen molar-refractivity contribution < 1.29 is 4.74 Å². The van der Waals surface area contributed by atoms with Crippen LogP contribution in [0.15, 0.2) is 47.5 Å². The van der Waals surface area contributed by atoms with Gasteiger partial charge in [-0.05, 0) is 36.1 Å². The Bertz CT molecular complexity index is 626. The van der Waals surface area contributed by atoms with Gasteiger partial charge in [-0.2, -0.15) is 0 Å². The maximum atomic E-state index is 5.33. The fourth-order valence-corrected chi connectivity index (χ4v) is 2.57. The van der Waals surface area contributed by atoms with Gasteiger partial charge < -0.3 is 15.4 Å². The molecule has 0 aliphatic carbocycles. The Hall–Kier alpha value is -1.34. The van der Waals surface area contributed by atoms with Crippen LogP contribution in [0, 0.1) is 0 Å². The van der Waals surface area contributed by atoms with Crippen LogP contribution in [0.2, 0.25) is 0 Å². The van der Waals surface area contributed by atoms with Crippen LogP contribution in [0.1, 0.15) is 18.9 Å². The molecule has 0 saturated carbocycles. The maximum absolute atomic E-state index is 5.33. The summed E-state index contributed by atoms with van der Waals surface area (Å²) in [5.41, 5.74) is 1.36. The highest BCUT2D eigenvalue weighted by atomic mass is 127. The van der Waals surface area contributed by atoms with Crippen molar-refractivity contribution in [3.63, 3.8) is 0 Å². The van der Waals surface area contributed by atoms with E-state index in [1.54, 1.807) is 7.05 Å². The van der Waals surface area contributed by atoms with Gasteiger partial charge in [0.05, 0.1) is 0 Å². The third kappa shape index (κ3) is 6.65. The van der Waals surface area contributed by atoms with E-state index < -0.39 is 0 Å². The standard InChI is InChI=1S/C19H27N3O.HI/c1-3-23-15-7-13-21-19(20-2)22-14-12-17-10-6-9-16-8-4-5-11-18(16)17;/h4-6,8-11H,3,7,12-15H2,1-2H3,(H2,20,21,22);1H. The number of guanidine groups is 1. The number of halogens is 1. The zero-order valence-corrected chi connectivity index (χ0v) is 16.9. The van der Waals surface area contributed by atoms with Gasteiger partial charge in [-0.3, -0.25) is 4.99 Å². The van der Waals surface area contributed by atoms with E-state index in [0.717, 1.165) is 45.1 Å². The first-order valence-electron chi connectivity index (χ1n) is 8.34. The van der Waals surface area contributed by atoms with Crippen LogP contribution in [-0.2, 0) is 11.2 Å². The zero-order chi connectivity index (χ0) is 16.3. The van der Waals surface area contributed by atoms with Crippen molar-refractivity contribution in [2.45, 2.75) is 19.8 Å². The minimum absolute atomic E-state index is 0. The summed E-state index contributed by atoms with van der Waals surface area (Å²) in [5, 5.41) is 9.31. The number of benzene rings is 2. The molecule has 0 aliphatic heterocycles. The monoisotopic (exact) mass is 441 g/mol. The second-order valence-corrected chi connectivity index (χ2v) is 5.36. The Labute approximate surface area is 162 Å². The molecule has 0 aliphatic rings. The van der Waals surface area contributed by atoms with E-state index in [4.69, 9.17) is 4.74 Å². The molecule has 0 heterocycles. The summed E-state index contributed by atoms with van der Waals surface area (Å²) in [5.74, 6) is 0.849. The number of nitrogens with zero attached hydrogens (tertiary/aromatic N) is 1. The lowest BCUT2D eigenvalue weighted by molar-refractivity contribution is 0.145. The lowest BCUT2D eigenvalue weighted by Gasteiger charge is -2.12. The summed E-state index contributed by atoms with van der Waals surface area (Å²) in [4.78, 5) is 4.25. The van der Waals surface area contributed by atoms with E-state index in [-0.39, 0.29) is 24.0 Å². The Morgan fingerprint density at radius 3 is 2.58 bits per heavy atom. The number of hydrogen-bond donors (Lipinski definition) is 2. The van der Waals surface area contributed by atoms with Crippen LogP contribution in [-0.4, -0.2) is 39.3 Å². The second kappa shape index (κ2) is 12.1. The number of ether oxygens (including phenoxy) is 1. The first kappa shape index (κ1) is 20.7. The number of hydrogen-bond acceptors (Lipinski definition) is 2. The molecule has 0 atom stereocenters. The van der Waals surface area contributed by atoms with Crippen LogP contribution in [0.4, 0.5) is 0 Å². The van der Waals surface area contributed by atoms with Crippen molar-refractivity contribution in [2.24, 2.45) is 4.99 Å². The molecule has 4 nitrogen and oxygen atoms in total. The Kier molecular flexibility index (Phi) is 10.4. The topological polar surface area (TPSA) is 45.6 Å². The van der Waals surface area contributed by atoms with Crippen molar-refractivity contribution >= 4 is 40.7 Å². The lowest BCUT2D eigenvalue weighted by atomic mass is 10.0. The minimum atomic E-state index is 0. The third-order valence-corrected chi connectivity index (χ3v) is 3.75. The van der Waals surface area contributed by atoms with Gasteiger partial charge >= 0.3 is 0 Å². The van der Waals surface area contributed by atoms with E-state index in [0.29, 0.717) is 0 Å². The predicted molar refractivity (Wildman–Crippen MR) is 114 cm³/mol. The van der Waals surface area contributed by atoms with Crippen LogP contribution >= 0.6 is 24.0 Å². The summed E-state index contributed by atoms with van der Waals surface area (Å²) in [7, 11) is 1.80. The Morgan fingerprint density at radius 1 is 1.04 bits per heavy atom. The van der Waals surface area contributed by atoms with E-state index in [9.17, 15) is 0 Å². The van der Waals surface area contributed by atoms with E-state index >= 15 is 0 Å². The van der Waals surface area contributed by atoms with Crippen molar-refractivity contribution in [1.29, 1.82) is 0 Å². The van der Waals surface area contributed by atoms with E-state index in [1.165, 1.54) is 16.3 Å². The van der Waals surface area contributed by atoms with Crippen molar-refractivity contribution in [2.75, 3.05) is 33.4 Å². The normalized spacial score (nSPS) is 11.2. The van der Waals surface area contributed by atoms with Crippen LogP contribution in [0.25, 0.3) is 10.8 Å². The summed E-state index contributed by atoms with van der Waals surface area (Å²) < 4.78 is 5.33. The molecule has 0 spiro atoms. The average Bonchev–Trinajstić information content (AvgIpc) is 2.60. The molecule has 0 saturated heterocycles. The Balaban J connectivity index is 0.00000288. The molecule has 2 N–H and O–H groups in total. The first-order chi connectivity index (χ1) is 11.3. The summed E-state index contributed by atoms with van der Waals surface area (Å²) in [6.07, 6.45) is 1.96. The summed E-state index contributed by atoms with van der Waals surface area (Å²) in [6.45, 7) is 5.31. The van der Waals surface area contributed by atoms with Crippen LogP contribution < -0.4 is 10.6 Å². The molecule has 2 rings (SSSR count). The largest absolute Gasteiger partial charge is 0.382 e. The lowest BCUT2D eigenvalue weighted by Crippen LogP contribution is -2.39. The quantitative estimate of drug-likeness (QED) is 0.285. The van der Waals surface area contributed by atoms with Crippen LogP contribution in [0.3, 0.4) is 0 Å². The van der Waals surface area contributed by atoms with Gasteiger partial charge in [0.2, 0.25) is 0 Å². The fraction of sp³-hybridized carbons (Fsp3) is 0.421. The smallest absolute Gasteiger partial charge is 0.190 e. The first-order valence-corrected chi connectivity index (χ1v) is 8.34. The van der Waals surface area contributed by atoms with Crippen LogP contribution in [0.5, 0.6) is 0 Å². The molecule has 24 heavy (non-hydrogen) atoms. The van der Waals surface area contributed by atoms with Gasteiger partial charge in [0.25, 0.3) is 0 Å².